The topological polar surface area (TPSA) is 37.9 Å². The molecule has 0 fully saturated rings. The van der Waals surface area contributed by atoms with Crippen LogP contribution in [0.25, 0.3) is 21.8 Å². The number of hydrogen-bond acceptors (Lipinski definition) is 2. The number of benzene rings is 1. The Bertz CT molecular complexity index is 718. The normalized spacial score (nSPS) is 12.2. The fraction of sp³-hybridized carbons (Fsp3) is 0.0833. The Kier molecular flexibility index (Phi) is 2.19. The minimum atomic E-state index is -4.71. The zero-order chi connectivity index (χ0) is 12.8. The molecular formula is C12H7F3N2O. The van der Waals surface area contributed by atoms with Crippen LogP contribution < -0.4 is 4.74 Å². The van der Waals surface area contributed by atoms with E-state index < -0.39 is 6.36 Å². The summed E-state index contributed by atoms with van der Waals surface area (Å²) in [5.74, 6) is -0.356. The Morgan fingerprint density at radius 3 is 2.50 bits per heavy atom. The smallest absolute Gasteiger partial charge is 0.390 e. The highest BCUT2D eigenvalue weighted by Crippen LogP contribution is 2.27. The van der Waals surface area contributed by atoms with Crippen LogP contribution in [-0.4, -0.2) is 16.3 Å². The summed E-state index contributed by atoms with van der Waals surface area (Å²) in [5.41, 5.74) is 1.15. The number of aromatic amines is 1. The van der Waals surface area contributed by atoms with Crippen molar-refractivity contribution in [3.05, 3.63) is 36.5 Å². The average Bonchev–Trinajstić information content (AvgIpc) is 2.75. The zero-order valence-electron chi connectivity index (χ0n) is 8.95. The van der Waals surface area contributed by atoms with Crippen molar-refractivity contribution >= 4 is 21.8 Å². The van der Waals surface area contributed by atoms with Crippen molar-refractivity contribution in [2.75, 3.05) is 0 Å². The second-order valence-corrected chi connectivity index (χ2v) is 3.78. The molecule has 2 aromatic heterocycles. The van der Waals surface area contributed by atoms with Gasteiger partial charge in [-0.3, -0.25) is 4.98 Å². The molecule has 0 atom stereocenters. The van der Waals surface area contributed by atoms with Crippen molar-refractivity contribution in [2.45, 2.75) is 6.36 Å². The molecule has 0 radical (unpaired) electrons. The van der Waals surface area contributed by atoms with Crippen molar-refractivity contribution < 1.29 is 17.9 Å². The van der Waals surface area contributed by atoms with Gasteiger partial charge in [0.15, 0.2) is 0 Å². The van der Waals surface area contributed by atoms with Crippen molar-refractivity contribution in [1.29, 1.82) is 0 Å². The highest BCUT2D eigenvalue weighted by molar-refractivity contribution is 6.03. The average molecular weight is 252 g/mol. The van der Waals surface area contributed by atoms with Crippen LogP contribution in [0.1, 0.15) is 0 Å². The summed E-state index contributed by atoms with van der Waals surface area (Å²) in [6.45, 7) is 0. The molecule has 6 heteroatoms. The Morgan fingerprint density at radius 2 is 1.72 bits per heavy atom. The SMILES string of the molecule is FC(F)(F)Oc1ccc2ccc3ccnc3c2[nH]1. The quantitative estimate of drug-likeness (QED) is 0.718. The highest BCUT2D eigenvalue weighted by atomic mass is 19.4. The fourth-order valence-electron chi connectivity index (χ4n) is 1.87. The molecule has 3 rings (SSSR count). The number of pyridine rings is 1. The van der Waals surface area contributed by atoms with Crippen molar-refractivity contribution in [3.8, 4) is 5.88 Å². The van der Waals surface area contributed by atoms with E-state index in [9.17, 15) is 13.2 Å². The first-order chi connectivity index (χ1) is 8.53. The van der Waals surface area contributed by atoms with Crippen LogP contribution in [0.3, 0.4) is 0 Å². The number of aromatic nitrogens is 2. The van der Waals surface area contributed by atoms with E-state index >= 15 is 0 Å². The van der Waals surface area contributed by atoms with E-state index in [4.69, 9.17) is 0 Å². The minimum absolute atomic E-state index is 0.356. The number of rotatable bonds is 1. The maximum absolute atomic E-state index is 12.1. The number of alkyl halides is 3. The molecule has 0 amide bonds. The summed E-state index contributed by atoms with van der Waals surface area (Å²) in [4.78, 5) is 6.72. The van der Waals surface area contributed by atoms with Gasteiger partial charge in [-0.1, -0.05) is 12.1 Å². The van der Waals surface area contributed by atoms with Crippen LogP contribution in [0.15, 0.2) is 36.5 Å². The molecule has 2 heterocycles. The number of nitrogens with zero attached hydrogens (tertiary/aromatic N) is 1. The maximum Gasteiger partial charge on any atom is 0.574 e. The van der Waals surface area contributed by atoms with Crippen molar-refractivity contribution in [3.63, 3.8) is 0 Å². The van der Waals surface area contributed by atoms with Crippen LogP contribution in [0, 0.1) is 0 Å². The molecule has 1 aromatic carbocycles. The summed E-state index contributed by atoms with van der Waals surface area (Å²) in [7, 11) is 0. The van der Waals surface area contributed by atoms with Gasteiger partial charge in [0.25, 0.3) is 0 Å². The van der Waals surface area contributed by atoms with E-state index in [-0.39, 0.29) is 5.88 Å². The van der Waals surface area contributed by atoms with Crippen LogP contribution in [0.5, 0.6) is 5.88 Å². The fourth-order valence-corrected chi connectivity index (χ4v) is 1.87. The number of halogens is 3. The molecule has 0 aliphatic rings. The number of nitrogens with one attached hydrogen (secondary N) is 1. The first-order valence-electron chi connectivity index (χ1n) is 5.15. The summed E-state index contributed by atoms with van der Waals surface area (Å²) in [6, 6.07) is 8.27. The Balaban J connectivity index is 2.20. The third kappa shape index (κ3) is 1.85. The molecule has 0 aliphatic heterocycles. The molecule has 0 unspecified atom stereocenters. The van der Waals surface area contributed by atoms with E-state index in [2.05, 4.69) is 14.7 Å². The molecule has 92 valence electrons. The monoisotopic (exact) mass is 252 g/mol. The molecule has 18 heavy (non-hydrogen) atoms. The Labute approximate surface area is 99.2 Å². The molecule has 0 saturated carbocycles. The van der Waals surface area contributed by atoms with Gasteiger partial charge in [0, 0.05) is 17.0 Å². The van der Waals surface area contributed by atoms with Gasteiger partial charge < -0.3 is 9.72 Å². The van der Waals surface area contributed by atoms with E-state index in [0.29, 0.717) is 11.0 Å². The Morgan fingerprint density at radius 1 is 1.00 bits per heavy atom. The van der Waals surface area contributed by atoms with E-state index in [0.717, 1.165) is 10.8 Å². The largest absolute Gasteiger partial charge is 0.574 e. The van der Waals surface area contributed by atoms with Gasteiger partial charge in [0.2, 0.25) is 5.88 Å². The van der Waals surface area contributed by atoms with E-state index in [1.54, 1.807) is 18.3 Å². The first-order valence-corrected chi connectivity index (χ1v) is 5.15. The second kappa shape index (κ2) is 3.63. The molecule has 1 N–H and O–H groups in total. The van der Waals surface area contributed by atoms with Gasteiger partial charge in [-0.05, 0) is 18.2 Å². The number of fused-ring (bicyclic) bond motifs is 3. The molecular weight excluding hydrogens is 245 g/mol. The van der Waals surface area contributed by atoms with Crippen molar-refractivity contribution in [2.24, 2.45) is 0 Å². The number of H-pyrrole nitrogens is 1. The van der Waals surface area contributed by atoms with Gasteiger partial charge in [0.1, 0.15) is 0 Å². The van der Waals surface area contributed by atoms with E-state index in [1.807, 2.05) is 12.1 Å². The third-order valence-corrected chi connectivity index (χ3v) is 2.59. The zero-order valence-corrected chi connectivity index (χ0v) is 8.95. The van der Waals surface area contributed by atoms with E-state index in [1.165, 1.54) is 6.07 Å². The lowest BCUT2D eigenvalue weighted by atomic mass is 10.1. The third-order valence-electron chi connectivity index (χ3n) is 2.59. The first kappa shape index (κ1) is 10.9. The van der Waals surface area contributed by atoms with Crippen LogP contribution in [-0.2, 0) is 0 Å². The lowest BCUT2D eigenvalue weighted by Crippen LogP contribution is -2.17. The van der Waals surface area contributed by atoms with Crippen LogP contribution in [0.4, 0.5) is 13.2 Å². The van der Waals surface area contributed by atoms with Crippen LogP contribution in [0.2, 0.25) is 0 Å². The van der Waals surface area contributed by atoms with Crippen molar-refractivity contribution in [1.82, 2.24) is 9.97 Å². The summed E-state index contributed by atoms with van der Waals surface area (Å²) < 4.78 is 40.3. The molecule has 0 spiro atoms. The maximum atomic E-state index is 12.1. The Hall–Kier alpha value is -2.24. The summed E-state index contributed by atoms with van der Waals surface area (Å²) >= 11 is 0. The lowest BCUT2D eigenvalue weighted by molar-refractivity contribution is -0.276. The van der Waals surface area contributed by atoms with Crippen LogP contribution >= 0.6 is 0 Å². The van der Waals surface area contributed by atoms with Gasteiger partial charge >= 0.3 is 6.36 Å². The molecule has 3 nitrogen and oxygen atoms in total. The second-order valence-electron chi connectivity index (χ2n) is 3.78. The number of ether oxygens (including phenoxy) is 1. The molecule has 0 bridgehead atoms. The summed E-state index contributed by atoms with van der Waals surface area (Å²) in [5, 5.41) is 1.64. The van der Waals surface area contributed by atoms with Gasteiger partial charge in [-0.2, -0.15) is 0 Å². The summed E-state index contributed by atoms with van der Waals surface area (Å²) in [6.07, 6.45) is -3.10. The van der Waals surface area contributed by atoms with Gasteiger partial charge in [-0.15, -0.1) is 13.2 Å². The number of hydrogen-bond donors (Lipinski definition) is 1. The molecule has 3 aromatic rings. The lowest BCUT2D eigenvalue weighted by Gasteiger charge is -2.09. The predicted molar refractivity (Wildman–Crippen MR) is 60.3 cm³/mol. The molecule has 0 saturated heterocycles. The standard InChI is InChI=1S/C12H7F3N2O/c13-12(14,15)18-9-4-3-7-1-2-8-5-6-16-10(8)11(7)17-9/h1-6,17H. The molecule has 0 aliphatic carbocycles. The predicted octanol–water partition coefficient (Wildman–Crippen LogP) is 3.61. The van der Waals surface area contributed by atoms with Gasteiger partial charge in [0.05, 0.1) is 11.0 Å². The highest BCUT2D eigenvalue weighted by Gasteiger charge is 2.31. The minimum Gasteiger partial charge on any atom is -0.390 e. The van der Waals surface area contributed by atoms with Gasteiger partial charge in [-0.25, -0.2) is 0 Å².